The van der Waals surface area contributed by atoms with Gasteiger partial charge < -0.3 is 10.1 Å². The summed E-state index contributed by atoms with van der Waals surface area (Å²) < 4.78 is 5.96. The number of aromatic nitrogens is 1. The lowest BCUT2D eigenvalue weighted by Gasteiger charge is -2.13. The third kappa shape index (κ3) is 3.95. The highest BCUT2D eigenvalue weighted by atomic mass is 16.5. The van der Waals surface area contributed by atoms with Gasteiger partial charge in [0.25, 0.3) is 0 Å². The molecule has 3 heteroatoms. The van der Waals surface area contributed by atoms with Crippen molar-refractivity contribution < 1.29 is 4.74 Å². The highest BCUT2D eigenvalue weighted by Crippen LogP contribution is 2.26. The number of hydrogen-bond donors (Lipinski definition) is 1. The van der Waals surface area contributed by atoms with Gasteiger partial charge in [-0.1, -0.05) is 19.8 Å². The number of ether oxygens (including phenoxy) is 1. The first-order valence-corrected chi connectivity index (χ1v) is 8.19. The highest BCUT2D eigenvalue weighted by molar-refractivity contribution is 5.25. The molecule has 2 fully saturated rings. The average molecular weight is 274 g/mol. The molecule has 0 spiro atoms. The second-order valence-electron chi connectivity index (χ2n) is 6.28. The van der Waals surface area contributed by atoms with E-state index < -0.39 is 0 Å². The Hall–Kier alpha value is -1.09. The van der Waals surface area contributed by atoms with Gasteiger partial charge in [-0.25, -0.2) is 4.98 Å². The van der Waals surface area contributed by atoms with Crippen LogP contribution in [-0.4, -0.2) is 17.6 Å². The molecule has 2 aliphatic rings. The molecule has 110 valence electrons. The van der Waals surface area contributed by atoms with Crippen LogP contribution in [0, 0.1) is 5.92 Å². The van der Waals surface area contributed by atoms with Crippen molar-refractivity contribution in [2.75, 3.05) is 6.61 Å². The number of nitrogens with zero attached hydrogens (tertiary/aromatic N) is 1. The van der Waals surface area contributed by atoms with Crippen LogP contribution in [0.4, 0.5) is 0 Å². The first kappa shape index (κ1) is 13.9. The number of rotatable bonds is 7. The lowest BCUT2D eigenvalue weighted by molar-refractivity contribution is 0.243. The molecule has 0 atom stereocenters. The minimum Gasteiger partial charge on any atom is -0.477 e. The molecule has 20 heavy (non-hydrogen) atoms. The van der Waals surface area contributed by atoms with Crippen LogP contribution in [0.5, 0.6) is 5.88 Å². The molecule has 3 nitrogen and oxygen atoms in total. The van der Waals surface area contributed by atoms with Crippen molar-refractivity contribution in [3.05, 3.63) is 23.4 Å². The Kier molecular flexibility index (Phi) is 4.56. The number of pyridine rings is 1. The van der Waals surface area contributed by atoms with Crippen LogP contribution in [0.25, 0.3) is 0 Å². The quantitative estimate of drug-likeness (QED) is 0.826. The smallest absolute Gasteiger partial charge is 0.213 e. The number of hydrogen-bond acceptors (Lipinski definition) is 3. The summed E-state index contributed by atoms with van der Waals surface area (Å²) in [6.07, 6.45) is 9.01. The van der Waals surface area contributed by atoms with Crippen molar-refractivity contribution in [1.82, 2.24) is 10.3 Å². The maximum Gasteiger partial charge on any atom is 0.213 e. The van der Waals surface area contributed by atoms with Gasteiger partial charge in [0.1, 0.15) is 0 Å². The SMILES string of the molecule is CCc1cc(CNC2CC2)cc(OCC2CCCC2)n1. The molecule has 0 unspecified atom stereocenters. The minimum absolute atomic E-state index is 0.745. The summed E-state index contributed by atoms with van der Waals surface area (Å²) in [6, 6.07) is 5.07. The molecule has 1 aromatic heterocycles. The fourth-order valence-corrected chi connectivity index (χ4v) is 2.91. The predicted octanol–water partition coefficient (Wildman–Crippen LogP) is 3.47. The molecule has 3 rings (SSSR count). The summed E-state index contributed by atoms with van der Waals surface area (Å²) >= 11 is 0. The van der Waals surface area contributed by atoms with E-state index in [0.29, 0.717) is 0 Å². The predicted molar refractivity (Wildman–Crippen MR) is 80.9 cm³/mol. The Bertz CT molecular complexity index is 437. The summed E-state index contributed by atoms with van der Waals surface area (Å²) in [4.78, 5) is 4.61. The Balaban J connectivity index is 1.59. The van der Waals surface area contributed by atoms with E-state index in [1.165, 1.54) is 44.1 Å². The van der Waals surface area contributed by atoms with E-state index in [2.05, 4.69) is 29.4 Å². The van der Waals surface area contributed by atoms with Crippen molar-refractivity contribution in [1.29, 1.82) is 0 Å². The van der Waals surface area contributed by atoms with E-state index in [0.717, 1.165) is 43.1 Å². The molecule has 0 amide bonds. The first-order chi connectivity index (χ1) is 9.83. The first-order valence-electron chi connectivity index (χ1n) is 8.19. The van der Waals surface area contributed by atoms with E-state index in [4.69, 9.17) is 4.74 Å². The molecule has 1 heterocycles. The zero-order valence-electron chi connectivity index (χ0n) is 12.5. The van der Waals surface area contributed by atoms with Gasteiger partial charge >= 0.3 is 0 Å². The molecule has 0 aromatic carbocycles. The van der Waals surface area contributed by atoms with Crippen LogP contribution in [0.2, 0.25) is 0 Å². The van der Waals surface area contributed by atoms with E-state index in [9.17, 15) is 0 Å². The van der Waals surface area contributed by atoms with E-state index in [-0.39, 0.29) is 0 Å². The van der Waals surface area contributed by atoms with Crippen LogP contribution in [0.15, 0.2) is 12.1 Å². The summed E-state index contributed by atoms with van der Waals surface area (Å²) in [5, 5.41) is 3.57. The monoisotopic (exact) mass is 274 g/mol. The molecule has 0 radical (unpaired) electrons. The Morgan fingerprint density at radius 1 is 1.20 bits per heavy atom. The van der Waals surface area contributed by atoms with Crippen LogP contribution < -0.4 is 10.1 Å². The molecule has 0 bridgehead atoms. The summed E-state index contributed by atoms with van der Waals surface area (Å²) in [5.41, 5.74) is 2.45. The highest BCUT2D eigenvalue weighted by Gasteiger charge is 2.20. The normalized spacial score (nSPS) is 19.4. The zero-order chi connectivity index (χ0) is 13.8. The van der Waals surface area contributed by atoms with Crippen LogP contribution in [0.3, 0.4) is 0 Å². The van der Waals surface area contributed by atoms with Gasteiger partial charge in [-0.15, -0.1) is 0 Å². The van der Waals surface area contributed by atoms with Gasteiger partial charge in [-0.2, -0.15) is 0 Å². The van der Waals surface area contributed by atoms with Crippen molar-refractivity contribution in [3.63, 3.8) is 0 Å². The standard InChI is InChI=1S/C17H26N2O/c1-2-15-9-14(11-18-16-7-8-16)10-17(19-15)20-12-13-5-3-4-6-13/h9-10,13,16,18H,2-8,11-12H2,1H3. The van der Waals surface area contributed by atoms with Crippen molar-refractivity contribution in [2.45, 2.75) is 64.5 Å². The molecule has 2 saturated carbocycles. The molecular formula is C17H26N2O. The summed E-state index contributed by atoms with van der Waals surface area (Å²) in [7, 11) is 0. The maximum absolute atomic E-state index is 5.96. The third-order valence-corrected chi connectivity index (χ3v) is 4.39. The van der Waals surface area contributed by atoms with E-state index in [1.807, 2.05) is 0 Å². The topological polar surface area (TPSA) is 34.1 Å². The Labute approximate surface area is 122 Å². The van der Waals surface area contributed by atoms with Crippen molar-refractivity contribution in [2.24, 2.45) is 5.92 Å². The molecule has 0 aliphatic heterocycles. The van der Waals surface area contributed by atoms with E-state index in [1.54, 1.807) is 0 Å². The van der Waals surface area contributed by atoms with Crippen LogP contribution in [-0.2, 0) is 13.0 Å². The van der Waals surface area contributed by atoms with Crippen LogP contribution in [0.1, 0.15) is 56.7 Å². The third-order valence-electron chi connectivity index (χ3n) is 4.39. The summed E-state index contributed by atoms with van der Waals surface area (Å²) in [5.74, 6) is 1.57. The van der Waals surface area contributed by atoms with Gasteiger partial charge in [-0.3, -0.25) is 0 Å². The van der Waals surface area contributed by atoms with Crippen molar-refractivity contribution in [3.8, 4) is 5.88 Å². The average Bonchev–Trinajstić information content (AvgIpc) is 3.16. The van der Waals surface area contributed by atoms with Crippen molar-refractivity contribution >= 4 is 0 Å². The van der Waals surface area contributed by atoms with Gasteiger partial charge in [-0.05, 0) is 49.7 Å². The van der Waals surface area contributed by atoms with Gasteiger partial charge in [0.2, 0.25) is 5.88 Å². The maximum atomic E-state index is 5.96. The van der Waals surface area contributed by atoms with Crippen LogP contribution >= 0.6 is 0 Å². The zero-order valence-corrected chi connectivity index (χ0v) is 12.5. The second kappa shape index (κ2) is 6.57. The van der Waals surface area contributed by atoms with Gasteiger partial charge in [0.05, 0.1) is 6.61 Å². The molecule has 1 aromatic rings. The van der Waals surface area contributed by atoms with E-state index >= 15 is 0 Å². The Morgan fingerprint density at radius 3 is 2.70 bits per heavy atom. The Morgan fingerprint density at radius 2 is 2.00 bits per heavy atom. The summed E-state index contributed by atoms with van der Waals surface area (Å²) in [6.45, 7) is 3.94. The molecule has 1 N–H and O–H groups in total. The largest absolute Gasteiger partial charge is 0.477 e. The lowest BCUT2D eigenvalue weighted by atomic mass is 10.1. The second-order valence-corrected chi connectivity index (χ2v) is 6.28. The fourth-order valence-electron chi connectivity index (χ4n) is 2.91. The molecular weight excluding hydrogens is 248 g/mol. The molecule has 2 aliphatic carbocycles. The van der Waals surface area contributed by atoms with Gasteiger partial charge in [0, 0.05) is 24.3 Å². The molecule has 0 saturated heterocycles. The fraction of sp³-hybridized carbons (Fsp3) is 0.706. The van der Waals surface area contributed by atoms with Gasteiger partial charge in [0.15, 0.2) is 0 Å². The number of aryl methyl sites for hydroxylation is 1. The lowest BCUT2D eigenvalue weighted by Crippen LogP contribution is -2.16. The number of nitrogens with one attached hydrogen (secondary N) is 1. The minimum atomic E-state index is 0.745.